The Bertz CT molecular complexity index is 521. The molecule has 0 aliphatic rings. The van der Waals surface area contributed by atoms with Crippen LogP contribution >= 0.6 is 10.7 Å². The minimum Gasteiger partial charge on any atom is -0.333 e. The second kappa shape index (κ2) is 6.27. The minimum absolute atomic E-state index is 0.0467. The molecule has 0 saturated carbocycles. The van der Waals surface area contributed by atoms with Crippen molar-refractivity contribution in [3.63, 3.8) is 0 Å². The maximum absolute atomic E-state index is 11.4. The van der Waals surface area contributed by atoms with E-state index in [9.17, 15) is 8.42 Å². The van der Waals surface area contributed by atoms with Gasteiger partial charge < -0.3 is 4.57 Å². The normalized spacial score (nSPS) is 14.3. The van der Waals surface area contributed by atoms with Gasteiger partial charge in [-0.3, -0.25) is 0 Å². The van der Waals surface area contributed by atoms with Gasteiger partial charge in [0.15, 0.2) is 5.03 Å². The van der Waals surface area contributed by atoms with Gasteiger partial charge in [0.25, 0.3) is 9.05 Å². The lowest BCUT2D eigenvalue weighted by molar-refractivity contribution is 0.382. The van der Waals surface area contributed by atoms with E-state index in [2.05, 4.69) is 25.8 Å². The molecule has 1 aromatic rings. The Morgan fingerprint density at radius 1 is 1.26 bits per heavy atom. The van der Waals surface area contributed by atoms with E-state index in [0.717, 1.165) is 18.8 Å². The molecule has 1 heterocycles. The second-order valence-corrected chi connectivity index (χ2v) is 8.43. The molecule has 6 heteroatoms. The van der Waals surface area contributed by atoms with E-state index in [1.54, 1.807) is 6.20 Å². The van der Waals surface area contributed by atoms with Crippen LogP contribution in [0.2, 0.25) is 0 Å². The first-order valence-electron chi connectivity index (χ1n) is 6.63. The molecule has 1 rings (SSSR count). The summed E-state index contributed by atoms with van der Waals surface area (Å²) in [6.45, 7) is 11.3. The summed E-state index contributed by atoms with van der Waals surface area (Å²) in [5.74, 6) is 2.03. The molecule has 0 aliphatic carbocycles. The third-order valence-corrected chi connectivity index (χ3v) is 4.10. The van der Waals surface area contributed by atoms with Gasteiger partial charge in [-0.1, -0.05) is 34.6 Å². The summed E-state index contributed by atoms with van der Waals surface area (Å²) >= 11 is 0. The van der Waals surface area contributed by atoms with Crippen LogP contribution in [-0.2, 0) is 15.6 Å². The zero-order valence-electron chi connectivity index (χ0n) is 12.2. The lowest BCUT2D eigenvalue weighted by Gasteiger charge is -2.17. The van der Waals surface area contributed by atoms with Crippen molar-refractivity contribution in [2.24, 2.45) is 11.8 Å². The topological polar surface area (TPSA) is 52.0 Å². The van der Waals surface area contributed by atoms with Crippen molar-refractivity contribution in [2.75, 3.05) is 0 Å². The van der Waals surface area contributed by atoms with Crippen LogP contribution < -0.4 is 0 Å². The van der Waals surface area contributed by atoms with E-state index < -0.39 is 9.05 Å². The second-order valence-electron chi connectivity index (χ2n) is 5.92. The summed E-state index contributed by atoms with van der Waals surface area (Å²) in [5.41, 5.74) is 0. The van der Waals surface area contributed by atoms with Crippen LogP contribution in [-0.4, -0.2) is 18.0 Å². The quantitative estimate of drug-likeness (QED) is 0.754. The lowest BCUT2D eigenvalue weighted by Crippen LogP contribution is -2.12. The van der Waals surface area contributed by atoms with Crippen LogP contribution in [0.1, 0.15) is 52.8 Å². The van der Waals surface area contributed by atoms with Gasteiger partial charge in [0.2, 0.25) is 0 Å². The fourth-order valence-corrected chi connectivity index (χ4v) is 3.02. The van der Waals surface area contributed by atoms with E-state index in [1.165, 1.54) is 0 Å². The number of nitrogens with zero attached hydrogens (tertiary/aromatic N) is 2. The van der Waals surface area contributed by atoms with E-state index in [0.29, 0.717) is 11.8 Å². The fourth-order valence-electron chi connectivity index (χ4n) is 2.34. The molecule has 1 unspecified atom stereocenters. The molecule has 0 spiro atoms. The van der Waals surface area contributed by atoms with Crippen molar-refractivity contribution in [3.8, 4) is 0 Å². The molecule has 0 saturated heterocycles. The third-order valence-electron chi connectivity index (χ3n) is 2.93. The third kappa shape index (κ3) is 4.80. The van der Waals surface area contributed by atoms with Gasteiger partial charge in [0, 0.05) is 29.3 Å². The molecule has 0 aromatic carbocycles. The number of hydrogen-bond donors (Lipinski definition) is 0. The first kappa shape index (κ1) is 16.5. The monoisotopic (exact) mass is 306 g/mol. The van der Waals surface area contributed by atoms with Crippen molar-refractivity contribution in [1.82, 2.24) is 9.55 Å². The van der Waals surface area contributed by atoms with Crippen LogP contribution in [0, 0.1) is 11.8 Å². The predicted octanol–water partition coefficient (Wildman–Crippen LogP) is 3.62. The van der Waals surface area contributed by atoms with Crippen LogP contribution in [0.5, 0.6) is 0 Å². The Balaban J connectivity index is 3.02. The van der Waals surface area contributed by atoms with Crippen molar-refractivity contribution in [3.05, 3.63) is 12.0 Å². The summed E-state index contributed by atoms with van der Waals surface area (Å²) in [5, 5.41) is -0.0467. The molecule has 1 atom stereocenters. The molecule has 0 N–H and O–H groups in total. The first-order valence-corrected chi connectivity index (χ1v) is 8.94. The van der Waals surface area contributed by atoms with Gasteiger partial charge in [0.1, 0.15) is 5.82 Å². The Morgan fingerprint density at radius 3 is 2.26 bits per heavy atom. The van der Waals surface area contributed by atoms with Crippen LogP contribution in [0.4, 0.5) is 0 Å². The van der Waals surface area contributed by atoms with Crippen molar-refractivity contribution < 1.29 is 8.42 Å². The standard InChI is InChI=1S/C13H23ClN2O2S/c1-9(2)6-11(5)7-16-8-12(19(14,17)18)15-13(16)10(3)4/h8-11H,6-7H2,1-5H3. The lowest BCUT2D eigenvalue weighted by atomic mass is 9.99. The largest absolute Gasteiger partial charge is 0.333 e. The molecular weight excluding hydrogens is 284 g/mol. The zero-order chi connectivity index (χ0) is 14.8. The molecule has 110 valence electrons. The Kier molecular flexibility index (Phi) is 5.44. The average Bonchev–Trinajstić information content (AvgIpc) is 2.59. The molecule has 0 bridgehead atoms. The van der Waals surface area contributed by atoms with Gasteiger partial charge in [-0.25, -0.2) is 13.4 Å². The van der Waals surface area contributed by atoms with Gasteiger partial charge in [-0.2, -0.15) is 0 Å². The van der Waals surface area contributed by atoms with Gasteiger partial charge in [-0.05, 0) is 18.3 Å². The number of aromatic nitrogens is 2. The van der Waals surface area contributed by atoms with Gasteiger partial charge in [0.05, 0.1) is 0 Å². The van der Waals surface area contributed by atoms with E-state index >= 15 is 0 Å². The number of imidazole rings is 1. The van der Waals surface area contributed by atoms with Gasteiger partial charge >= 0.3 is 0 Å². The van der Waals surface area contributed by atoms with Crippen molar-refractivity contribution in [2.45, 2.75) is 58.5 Å². The smallest absolute Gasteiger partial charge is 0.280 e. The highest BCUT2D eigenvalue weighted by atomic mass is 35.7. The van der Waals surface area contributed by atoms with Crippen LogP contribution in [0.3, 0.4) is 0 Å². The molecule has 0 fully saturated rings. The summed E-state index contributed by atoms with van der Waals surface area (Å²) in [6, 6.07) is 0. The molecule has 0 amide bonds. The summed E-state index contributed by atoms with van der Waals surface area (Å²) in [6.07, 6.45) is 2.65. The van der Waals surface area contributed by atoms with Gasteiger partial charge in [-0.15, -0.1) is 0 Å². The number of halogens is 1. The SMILES string of the molecule is CC(C)CC(C)Cn1cc(S(=O)(=O)Cl)nc1C(C)C. The molecular formula is C13H23ClN2O2S. The molecule has 0 aliphatic heterocycles. The Hall–Kier alpha value is -0.550. The number of rotatable bonds is 6. The van der Waals surface area contributed by atoms with E-state index in [-0.39, 0.29) is 10.9 Å². The summed E-state index contributed by atoms with van der Waals surface area (Å²) < 4.78 is 24.7. The Morgan fingerprint density at radius 2 is 1.84 bits per heavy atom. The highest BCUT2D eigenvalue weighted by molar-refractivity contribution is 8.13. The highest BCUT2D eigenvalue weighted by Crippen LogP contribution is 2.22. The Labute approximate surface area is 120 Å². The zero-order valence-corrected chi connectivity index (χ0v) is 13.8. The summed E-state index contributed by atoms with van der Waals surface area (Å²) in [4.78, 5) is 4.16. The van der Waals surface area contributed by atoms with Crippen LogP contribution in [0.25, 0.3) is 0 Å². The van der Waals surface area contributed by atoms with E-state index in [1.807, 2.05) is 18.4 Å². The van der Waals surface area contributed by atoms with Crippen molar-refractivity contribution >= 4 is 19.7 Å². The summed E-state index contributed by atoms with van der Waals surface area (Å²) in [7, 11) is 1.61. The maximum Gasteiger partial charge on any atom is 0.280 e. The maximum atomic E-state index is 11.4. The first-order chi connectivity index (χ1) is 8.61. The number of hydrogen-bond acceptors (Lipinski definition) is 3. The van der Waals surface area contributed by atoms with Crippen molar-refractivity contribution in [1.29, 1.82) is 0 Å². The molecule has 4 nitrogen and oxygen atoms in total. The molecule has 1 aromatic heterocycles. The fraction of sp³-hybridized carbons (Fsp3) is 0.769. The van der Waals surface area contributed by atoms with Crippen LogP contribution in [0.15, 0.2) is 11.2 Å². The molecule has 0 radical (unpaired) electrons. The predicted molar refractivity (Wildman–Crippen MR) is 78.0 cm³/mol. The van der Waals surface area contributed by atoms with E-state index in [4.69, 9.17) is 10.7 Å². The highest BCUT2D eigenvalue weighted by Gasteiger charge is 2.20. The molecule has 19 heavy (non-hydrogen) atoms. The average molecular weight is 307 g/mol. The minimum atomic E-state index is -3.76.